The topological polar surface area (TPSA) is 87.9 Å². The van der Waals surface area contributed by atoms with E-state index in [4.69, 9.17) is 4.74 Å². The Kier molecular flexibility index (Phi) is 5.49. The van der Waals surface area contributed by atoms with Gasteiger partial charge < -0.3 is 14.2 Å². The number of esters is 1. The highest BCUT2D eigenvalue weighted by Crippen LogP contribution is 2.28. The molecule has 0 N–H and O–H groups in total. The molecule has 0 unspecified atom stereocenters. The van der Waals surface area contributed by atoms with Crippen LogP contribution in [0.25, 0.3) is 6.08 Å². The Morgan fingerprint density at radius 1 is 1.42 bits per heavy atom. The largest absolute Gasteiger partial charge is 0.466 e. The maximum atomic E-state index is 10.9. The van der Waals surface area contributed by atoms with Gasteiger partial charge in [-0.25, -0.2) is 4.79 Å². The van der Waals surface area contributed by atoms with Gasteiger partial charge in [0.05, 0.1) is 12.0 Å². The lowest BCUT2D eigenvalue weighted by molar-refractivity contribution is -0.386. The molecule has 0 saturated heterocycles. The summed E-state index contributed by atoms with van der Waals surface area (Å²) >= 11 is 0. The van der Waals surface area contributed by atoms with Crippen LogP contribution >= 0.6 is 0 Å². The van der Waals surface area contributed by atoms with Crippen LogP contribution in [-0.2, 0) is 14.3 Å². The predicted molar refractivity (Wildman–Crippen MR) is 66.7 cm³/mol. The molecule has 1 rings (SSSR count). The van der Waals surface area contributed by atoms with Crippen LogP contribution in [0.3, 0.4) is 0 Å². The number of hydrogen-bond acceptors (Lipinski definition) is 6. The number of nitro groups is 1. The van der Waals surface area contributed by atoms with Gasteiger partial charge in [-0.2, -0.15) is 0 Å². The molecule has 1 aromatic carbocycles. The number of rotatable bonds is 6. The second kappa shape index (κ2) is 7.12. The fraction of sp³-hybridized carbons (Fsp3) is 0.250. The minimum absolute atomic E-state index is 0.0851. The predicted octanol–water partition coefficient (Wildman–Crippen LogP) is 1.76. The van der Waals surface area contributed by atoms with Crippen LogP contribution in [0.2, 0.25) is 0 Å². The molecule has 7 nitrogen and oxygen atoms in total. The Hall–Kier alpha value is -2.41. The van der Waals surface area contributed by atoms with Gasteiger partial charge in [0.2, 0.25) is 0 Å². The summed E-state index contributed by atoms with van der Waals surface area (Å²) in [5.41, 5.74) is 0.283. The molecule has 0 bridgehead atoms. The van der Waals surface area contributed by atoms with Crippen molar-refractivity contribution in [3.05, 3.63) is 40.0 Å². The molecule has 0 radical (unpaired) electrons. The second-order valence-electron chi connectivity index (χ2n) is 3.39. The summed E-state index contributed by atoms with van der Waals surface area (Å²) in [6.07, 6.45) is 2.59. The van der Waals surface area contributed by atoms with Crippen molar-refractivity contribution in [3.63, 3.8) is 0 Å². The van der Waals surface area contributed by atoms with E-state index in [2.05, 4.69) is 9.47 Å². The van der Waals surface area contributed by atoms with Crippen LogP contribution < -0.4 is 4.74 Å². The first-order valence-corrected chi connectivity index (χ1v) is 5.24. The number of carbonyl (C=O) groups excluding carboxylic acids is 1. The van der Waals surface area contributed by atoms with E-state index in [1.807, 2.05) is 0 Å². The summed E-state index contributed by atoms with van der Waals surface area (Å²) in [6, 6.07) is 4.32. The Balaban J connectivity index is 2.98. The molecular weight excluding hydrogens is 254 g/mol. The van der Waals surface area contributed by atoms with E-state index in [1.54, 1.807) is 6.07 Å². The van der Waals surface area contributed by atoms with E-state index >= 15 is 0 Å². The molecule has 19 heavy (non-hydrogen) atoms. The third kappa shape index (κ3) is 4.40. The van der Waals surface area contributed by atoms with E-state index in [9.17, 15) is 14.9 Å². The molecule has 0 aliphatic rings. The molecule has 0 fully saturated rings. The molecule has 0 saturated carbocycles. The van der Waals surface area contributed by atoms with Crippen molar-refractivity contribution in [3.8, 4) is 5.75 Å². The molecule has 0 aliphatic heterocycles. The normalized spacial score (nSPS) is 10.4. The third-order valence-corrected chi connectivity index (χ3v) is 2.13. The lowest BCUT2D eigenvalue weighted by atomic mass is 10.1. The maximum absolute atomic E-state index is 10.9. The molecule has 0 aliphatic carbocycles. The first-order chi connectivity index (χ1) is 9.08. The quantitative estimate of drug-likeness (QED) is 0.256. The zero-order chi connectivity index (χ0) is 14.3. The lowest BCUT2D eigenvalue weighted by Crippen LogP contribution is -2.02. The highest BCUT2D eigenvalue weighted by Gasteiger charge is 2.15. The summed E-state index contributed by atoms with van der Waals surface area (Å²) in [7, 11) is 2.66. The monoisotopic (exact) mass is 267 g/mol. The van der Waals surface area contributed by atoms with Gasteiger partial charge in [0.1, 0.15) is 0 Å². The molecule has 0 heterocycles. The van der Waals surface area contributed by atoms with E-state index in [1.165, 1.54) is 38.5 Å². The van der Waals surface area contributed by atoms with Gasteiger partial charge in [0.15, 0.2) is 12.5 Å². The molecule has 1 aromatic rings. The first-order valence-electron chi connectivity index (χ1n) is 5.24. The minimum Gasteiger partial charge on any atom is -0.466 e. The number of ether oxygens (including phenoxy) is 3. The fourth-order valence-electron chi connectivity index (χ4n) is 1.26. The Morgan fingerprint density at radius 3 is 2.74 bits per heavy atom. The van der Waals surface area contributed by atoms with Crippen molar-refractivity contribution in [1.82, 2.24) is 0 Å². The Labute approximate surface area is 109 Å². The van der Waals surface area contributed by atoms with Gasteiger partial charge >= 0.3 is 11.7 Å². The zero-order valence-electron chi connectivity index (χ0n) is 10.5. The molecular formula is C12H13NO6. The van der Waals surface area contributed by atoms with Crippen LogP contribution in [0.1, 0.15) is 5.56 Å². The van der Waals surface area contributed by atoms with Crippen LogP contribution in [-0.4, -0.2) is 31.9 Å². The third-order valence-electron chi connectivity index (χ3n) is 2.13. The van der Waals surface area contributed by atoms with Crippen LogP contribution in [0.5, 0.6) is 5.75 Å². The van der Waals surface area contributed by atoms with Crippen molar-refractivity contribution in [2.45, 2.75) is 0 Å². The number of nitrogens with zero attached hydrogens (tertiary/aromatic N) is 1. The highest BCUT2D eigenvalue weighted by molar-refractivity contribution is 5.87. The van der Waals surface area contributed by atoms with E-state index in [-0.39, 0.29) is 18.2 Å². The van der Waals surface area contributed by atoms with E-state index in [0.29, 0.717) is 5.56 Å². The van der Waals surface area contributed by atoms with Crippen molar-refractivity contribution in [2.24, 2.45) is 0 Å². The van der Waals surface area contributed by atoms with Crippen molar-refractivity contribution < 1.29 is 23.9 Å². The van der Waals surface area contributed by atoms with Crippen LogP contribution in [0.15, 0.2) is 24.3 Å². The lowest BCUT2D eigenvalue weighted by Gasteiger charge is -2.05. The molecule has 7 heteroatoms. The van der Waals surface area contributed by atoms with Gasteiger partial charge in [-0.1, -0.05) is 6.07 Å². The van der Waals surface area contributed by atoms with E-state index < -0.39 is 10.9 Å². The van der Waals surface area contributed by atoms with Gasteiger partial charge in [0.25, 0.3) is 0 Å². The van der Waals surface area contributed by atoms with Crippen LogP contribution in [0.4, 0.5) is 5.69 Å². The summed E-state index contributed by atoms with van der Waals surface area (Å²) in [5.74, 6) is -0.440. The van der Waals surface area contributed by atoms with Crippen molar-refractivity contribution in [2.75, 3.05) is 21.0 Å². The minimum atomic E-state index is -0.569. The zero-order valence-corrected chi connectivity index (χ0v) is 10.5. The number of benzene rings is 1. The van der Waals surface area contributed by atoms with Gasteiger partial charge in [0, 0.05) is 19.3 Å². The number of carbonyl (C=O) groups is 1. The summed E-state index contributed by atoms with van der Waals surface area (Å²) in [4.78, 5) is 21.3. The summed E-state index contributed by atoms with van der Waals surface area (Å²) in [6.45, 7) is -0.0851. The SMILES string of the molecule is COCOc1ccc(/C=C/C(=O)OC)cc1[N+](=O)[O-]. The smallest absolute Gasteiger partial charge is 0.330 e. The fourth-order valence-corrected chi connectivity index (χ4v) is 1.26. The molecule has 102 valence electrons. The average Bonchev–Trinajstić information content (AvgIpc) is 2.42. The van der Waals surface area contributed by atoms with Gasteiger partial charge in [-0.3, -0.25) is 10.1 Å². The van der Waals surface area contributed by atoms with Gasteiger partial charge in [-0.15, -0.1) is 0 Å². The number of hydrogen-bond donors (Lipinski definition) is 0. The first kappa shape index (κ1) is 14.7. The van der Waals surface area contributed by atoms with Crippen LogP contribution in [0, 0.1) is 10.1 Å². The summed E-state index contributed by atoms with van der Waals surface area (Å²) in [5, 5.41) is 10.9. The average molecular weight is 267 g/mol. The van der Waals surface area contributed by atoms with Crippen molar-refractivity contribution >= 4 is 17.7 Å². The second-order valence-corrected chi connectivity index (χ2v) is 3.39. The maximum Gasteiger partial charge on any atom is 0.330 e. The summed E-state index contributed by atoms with van der Waals surface area (Å²) < 4.78 is 14.2. The number of nitro benzene ring substituents is 1. The standard InChI is InChI=1S/C12H13NO6/c1-17-8-19-11-5-3-9(4-6-12(14)18-2)7-10(11)13(15)16/h3-7H,8H2,1-2H3/b6-4+. The van der Waals surface area contributed by atoms with E-state index in [0.717, 1.165) is 0 Å². The van der Waals surface area contributed by atoms with Crippen molar-refractivity contribution in [1.29, 1.82) is 0 Å². The Morgan fingerprint density at radius 2 is 2.16 bits per heavy atom. The van der Waals surface area contributed by atoms with Gasteiger partial charge in [-0.05, 0) is 17.7 Å². The molecule has 0 amide bonds. The molecule has 0 aromatic heterocycles. The number of methoxy groups -OCH3 is 2. The Bertz CT molecular complexity index is 497. The molecule has 0 atom stereocenters. The molecule has 0 spiro atoms. The highest BCUT2D eigenvalue weighted by atomic mass is 16.7.